The Hall–Kier alpha value is -0.580. The molecular weight excluding hydrogens is 213 g/mol. The minimum absolute atomic E-state index is 0.125. The minimum atomic E-state index is -0.125. The molecule has 0 spiro atoms. The Balaban J connectivity index is 2.04. The van der Waals surface area contributed by atoms with Crippen LogP contribution in [-0.2, 0) is 11.3 Å². The molecule has 1 N–H and O–H groups in total. The van der Waals surface area contributed by atoms with Crippen molar-refractivity contribution in [3.05, 3.63) is 29.6 Å². The second-order valence-electron chi connectivity index (χ2n) is 3.57. The van der Waals surface area contributed by atoms with Crippen LogP contribution >= 0.6 is 11.8 Å². The van der Waals surface area contributed by atoms with Gasteiger partial charge in [0.25, 0.3) is 0 Å². The molecule has 0 saturated carbocycles. The van der Waals surface area contributed by atoms with Gasteiger partial charge in [-0.25, -0.2) is 4.39 Å². The van der Waals surface area contributed by atoms with Crippen LogP contribution in [0.4, 0.5) is 4.39 Å². The van der Waals surface area contributed by atoms with Crippen molar-refractivity contribution in [1.29, 1.82) is 0 Å². The van der Waals surface area contributed by atoms with E-state index in [4.69, 9.17) is 4.74 Å². The van der Waals surface area contributed by atoms with Crippen LogP contribution in [-0.4, -0.2) is 25.5 Å². The number of benzene rings is 1. The van der Waals surface area contributed by atoms with Gasteiger partial charge in [-0.15, -0.1) is 11.8 Å². The number of ether oxygens (including phenoxy) is 1. The number of hydrogen-bond acceptors (Lipinski definition) is 3. The molecule has 1 aliphatic heterocycles. The van der Waals surface area contributed by atoms with E-state index in [9.17, 15) is 4.39 Å². The smallest absolute Gasteiger partial charge is 0.137 e. The molecule has 0 bridgehead atoms. The first kappa shape index (κ1) is 10.9. The third-order valence-corrected chi connectivity index (χ3v) is 3.47. The average molecular weight is 227 g/mol. The summed E-state index contributed by atoms with van der Waals surface area (Å²) in [5, 5.41) is 3.43. The molecule has 0 radical (unpaired) electrons. The highest BCUT2D eigenvalue weighted by Gasteiger charge is 2.20. The molecule has 4 heteroatoms. The molecule has 15 heavy (non-hydrogen) atoms. The quantitative estimate of drug-likeness (QED) is 0.850. The van der Waals surface area contributed by atoms with E-state index in [0.717, 1.165) is 23.7 Å². The molecular formula is C11H14FNOS. The van der Waals surface area contributed by atoms with E-state index in [1.165, 1.54) is 0 Å². The molecule has 0 aliphatic carbocycles. The van der Waals surface area contributed by atoms with Crippen molar-refractivity contribution < 1.29 is 9.13 Å². The van der Waals surface area contributed by atoms with Gasteiger partial charge in [0.2, 0.25) is 0 Å². The van der Waals surface area contributed by atoms with E-state index in [1.54, 1.807) is 17.8 Å². The van der Waals surface area contributed by atoms with Crippen LogP contribution in [0.1, 0.15) is 5.56 Å². The van der Waals surface area contributed by atoms with Crippen LogP contribution in [0, 0.1) is 5.82 Å². The van der Waals surface area contributed by atoms with E-state index in [-0.39, 0.29) is 5.82 Å². The lowest BCUT2D eigenvalue weighted by atomic mass is 10.2. The first-order valence-corrected chi connectivity index (χ1v) is 5.85. The highest BCUT2D eigenvalue weighted by molar-refractivity contribution is 8.00. The van der Waals surface area contributed by atoms with Crippen LogP contribution in [0.2, 0.25) is 0 Å². The fourth-order valence-electron chi connectivity index (χ4n) is 1.42. The van der Waals surface area contributed by atoms with Gasteiger partial charge in [-0.05, 0) is 24.7 Å². The lowest BCUT2D eigenvalue weighted by molar-refractivity contribution is 0.0455. The summed E-state index contributed by atoms with van der Waals surface area (Å²) in [5.74, 6) is -0.125. The Morgan fingerprint density at radius 3 is 2.87 bits per heavy atom. The highest BCUT2D eigenvalue weighted by Crippen LogP contribution is 2.30. The second kappa shape index (κ2) is 4.96. The molecule has 1 aliphatic rings. The van der Waals surface area contributed by atoms with E-state index in [2.05, 4.69) is 5.32 Å². The summed E-state index contributed by atoms with van der Waals surface area (Å²) in [5.41, 5.74) is 0.976. The highest BCUT2D eigenvalue weighted by atomic mass is 32.2. The maximum atomic E-state index is 13.6. The van der Waals surface area contributed by atoms with E-state index in [0.29, 0.717) is 11.8 Å². The van der Waals surface area contributed by atoms with E-state index in [1.807, 2.05) is 19.2 Å². The summed E-state index contributed by atoms with van der Waals surface area (Å²) in [4.78, 5) is 0.725. The number of hydrogen-bond donors (Lipinski definition) is 1. The Bertz CT molecular complexity index is 341. The predicted octanol–water partition coefficient (Wildman–Crippen LogP) is 2.04. The summed E-state index contributed by atoms with van der Waals surface area (Å²) in [6, 6.07) is 5.41. The largest absolute Gasteiger partial charge is 0.379 e. The van der Waals surface area contributed by atoms with Crippen LogP contribution in [0.25, 0.3) is 0 Å². The monoisotopic (exact) mass is 227 g/mol. The predicted molar refractivity (Wildman–Crippen MR) is 59.6 cm³/mol. The fraction of sp³-hybridized carbons (Fsp3) is 0.455. The third kappa shape index (κ3) is 2.71. The Labute approximate surface area is 93.2 Å². The van der Waals surface area contributed by atoms with Crippen molar-refractivity contribution in [3.63, 3.8) is 0 Å². The first-order valence-electron chi connectivity index (χ1n) is 4.97. The Morgan fingerprint density at radius 1 is 1.53 bits per heavy atom. The van der Waals surface area contributed by atoms with Crippen molar-refractivity contribution in [2.45, 2.75) is 16.7 Å². The summed E-state index contributed by atoms with van der Waals surface area (Å²) in [7, 11) is 1.85. The third-order valence-electron chi connectivity index (χ3n) is 2.28. The summed E-state index contributed by atoms with van der Waals surface area (Å²) >= 11 is 1.56. The molecule has 0 amide bonds. The number of thioether (sulfide) groups is 1. The molecule has 1 aromatic carbocycles. The van der Waals surface area contributed by atoms with E-state index < -0.39 is 0 Å². The van der Waals surface area contributed by atoms with Gasteiger partial charge in [0.1, 0.15) is 5.82 Å². The van der Waals surface area contributed by atoms with Crippen molar-refractivity contribution in [2.24, 2.45) is 0 Å². The average Bonchev–Trinajstić information content (AvgIpc) is 2.14. The van der Waals surface area contributed by atoms with Crippen LogP contribution in [0.5, 0.6) is 0 Å². The van der Waals surface area contributed by atoms with Gasteiger partial charge in [0.15, 0.2) is 0 Å². The molecule has 1 heterocycles. The summed E-state index contributed by atoms with van der Waals surface area (Å²) < 4.78 is 18.7. The van der Waals surface area contributed by atoms with Crippen LogP contribution in [0.15, 0.2) is 23.1 Å². The summed E-state index contributed by atoms with van der Waals surface area (Å²) in [6.45, 7) is 2.18. The zero-order chi connectivity index (χ0) is 10.7. The lowest BCUT2D eigenvalue weighted by Gasteiger charge is -2.25. The van der Waals surface area contributed by atoms with Crippen molar-refractivity contribution in [3.8, 4) is 0 Å². The standard InChI is InChI=1S/C11H14FNOS/c1-13-5-8-2-3-11(10(12)4-8)15-9-6-14-7-9/h2-4,9,13H,5-7H2,1H3. The zero-order valence-corrected chi connectivity index (χ0v) is 9.44. The van der Waals surface area contributed by atoms with Gasteiger partial charge >= 0.3 is 0 Å². The van der Waals surface area contributed by atoms with Crippen molar-refractivity contribution >= 4 is 11.8 Å². The molecule has 2 nitrogen and oxygen atoms in total. The Kier molecular flexibility index (Phi) is 3.61. The van der Waals surface area contributed by atoms with Gasteiger partial charge in [0, 0.05) is 11.4 Å². The van der Waals surface area contributed by atoms with Crippen molar-refractivity contribution in [2.75, 3.05) is 20.3 Å². The number of nitrogens with one attached hydrogen (secondary N) is 1. The maximum Gasteiger partial charge on any atom is 0.137 e. The zero-order valence-electron chi connectivity index (χ0n) is 8.63. The minimum Gasteiger partial charge on any atom is -0.379 e. The number of rotatable bonds is 4. The normalized spacial score (nSPS) is 16.4. The first-order chi connectivity index (χ1) is 7.29. The number of halogens is 1. The topological polar surface area (TPSA) is 21.3 Å². The van der Waals surface area contributed by atoms with Gasteiger partial charge < -0.3 is 10.1 Å². The SMILES string of the molecule is CNCc1ccc(SC2COC2)c(F)c1. The fourth-order valence-corrected chi connectivity index (χ4v) is 2.42. The summed E-state index contributed by atoms with van der Waals surface area (Å²) in [6.07, 6.45) is 0. The van der Waals surface area contributed by atoms with Crippen LogP contribution in [0.3, 0.4) is 0 Å². The molecule has 0 unspecified atom stereocenters. The van der Waals surface area contributed by atoms with Gasteiger partial charge in [-0.2, -0.15) is 0 Å². The molecule has 82 valence electrons. The van der Waals surface area contributed by atoms with Gasteiger partial charge in [-0.1, -0.05) is 6.07 Å². The van der Waals surface area contributed by atoms with Gasteiger partial charge in [-0.3, -0.25) is 0 Å². The molecule has 1 saturated heterocycles. The lowest BCUT2D eigenvalue weighted by Crippen LogP contribution is -2.30. The van der Waals surface area contributed by atoms with Crippen molar-refractivity contribution in [1.82, 2.24) is 5.32 Å². The molecule has 0 atom stereocenters. The Morgan fingerprint density at radius 2 is 2.33 bits per heavy atom. The van der Waals surface area contributed by atoms with Crippen LogP contribution < -0.4 is 5.32 Å². The maximum absolute atomic E-state index is 13.6. The molecule has 0 aromatic heterocycles. The van der Waals surface area contributed by atoms with E-state index >= 15 is 0 Å². The molecule has 2 rings (SSSR count). The molecule has 1 fully saturated rings. The molecule has 1 aromatic rings. The van der Waals surface area contributed by atoms with Gasteiger partial charge in [0.05, 0.1) is 18.5 Å². The second-order valence-corrected chi connectivity index (χ2v) is 4.91.